The van der Waals surface area contributed by atoms with Crippen molar-refractivity contribution in [1.82, 2.24) is 19.8 Å². The van der Waals surface area contributed by atoms with Crippen LogP contribution in [0.1, 0.15) is 41.7 Å². The number of nitrogens with zero attached hydrogens (tertiary/aromatic N) is 4. The van der Waals surface area contributed by atoms with Crippen molar-refractivity contribution in [2.45, 2.75) is 32.9 Å². The van der Waals surface area contributed by atoms with Crippen molar-refractivity contribution in [2.75, 3.05) is 37.7 Å². The molecule has 2 fully saturated rings. The molecule has 0 amide bonds. The predicted octanol–water partition coefficient (Wildman–Crippen LogP) is 4.32. The number of anilines is 1. The molecule has 5 rings (SSSR count). The highest BCUT2D eigenvalue weighted by Gasteiger charge is 2.40. The van der Waals surface area contributed by atoms with E-state index in [1.54, 1.807) is 0 Å². The van der Waals surface area contributed by atoms with Gasteiger partial charge in [0.15, 0.2) is 5.11 Å². The summed E-state index contributed by atoms with van der Waals surface area (Å²) in [5.41, 5.74) is 7.19. The second kappa shape index (κ2) is 9.15. The summed E-state index contributed by atoms with van der Waals surface area (Å²) in [5.74, 6) is 0. The molecular formula is C26H31N5OS. The van der Waals surface area contributed by atoms with Crippen LogP contribution in [0.25, 0.3) is 5.69 Å². The van der Waals surface area contributed by atoms with Crippen LogP contribution < -0.4 is 10.2 Å². The Morgan fingerprint density at radius 1 is 1.06 bits per heavy atom. The molecule has 2 atom stereocenters. The molecule has 6 nitrogen and oxygen atoms in total. The van der Waals surface area contributed by atoms with Gasteiger partial charge < -0.3 is 24.4 Å². The fraction of sp³-hybridized carbons (Fsp3) is 0.385. The Bertz CT molecular complexity index is 1120. The van der Waals surface area contributed by atoms with E-state index in [9.17, 15) is 0 Å². The smallest absolute Gasteiger partial charge is 0.170 e. The number of likely N-dealkylation sites (N-methyl/N-ethyl adjacent to an activating group) is 1. The molecule has 0 unspecified atom stereocenters. The Balaban J connectivity index is 1.50. The fourth-order valence-electron chi connectivity index (χ4n) is 5.20. The van der Waals surface area contributed by atoms with Crippen LogP contribution in [-0.4, -0.2) is 52.4 Å². The fourth-order valence-corrected chi connectivity index (χ4v) is 5.57. The number of rotatable bonds is 5. The minimum atomic E-state index is 0.0243. The molecule has 2 aromatic heterocycles. The zero-order valence-electron chi connectivity index (χ0n) is 19.5. The molecule has 3 aromatic rings. The zero-order valence-corrected chi connectivity index (χ0v) is 20.3. The summed E-state index contributed by atoms with van der Waals surface area (Å²) in [6.07, 6.45) is 1.85. The summed E-state index contributed by atoms with van der Waals surface area (Å²) in [7, 11) is 0. The lowest BCUT2D eigenvalue weighted by atomic mass is 9.97. The molecule has 172 valence electrons. The highest BCUT2D eigenvalue weighted by atomic mass is 32.1. The minimum absolute atomic E-state index is 0.0243. The first-order chi connectivity index (χ1) is 16.1. The van der Waals surface area contributed by atoms with Crippen LogP contribution >= 0.6 is 12.2 Å². The standard InChI is InChI=1S/C26H31N5OS/c1-4-30-25(24(28-26(30)33)23-7-5-6-12-27-23)22-17-18(2)31(19(22)3)21-10-8-20(9-11-21)29-13-15-32-16-14-29/h5-12,17,24-25H,4,13-16H2,1-3H3,(H,28,33)/t24-,25+/m0/s1. The average molecular weight is 462 g/mol. The van der Waals surface area contributed by atoms with E-state index in [1.807, 2.05) is 18.3 Å². The monoisotopic (exact) mass is 461 g/mol. The van der Waals surface area contributed by atoms with E-state index in [2.05, 4.69) is 81.8 Å². The number of aromatic nitrogens is 2. The van der Waals surface area contributed by atoms with E-state index in [0.717, 1.165) is 43.7 Å². The number of nitrogens with one attached hydrogen (secondary N) is 1. The maximum atomic E-state index is 5.71. The summed E-state index contributed by atoms with van der Waals surface area (Å²) in [4.78, 5) is 9.31. The minimum Gasteiger partial charge on any atom is -0.378 e. The van der Waals surface area contributed by atoms with Gasteiger partial charge in [0.1, 0.15) is 0 Å². The van der Waals surface area contributed by atoms with Gasteiger partial charge >= 0.3 is 0 Å². The van der Waals surface area contributed by atoms with Crippen LogP contribution in [0, 0.1) is 13.8 Å². The third-order valence-electron chi connectivity index (χ3n) is 6.81. The van der Waals surface area contributed by atoms with Crippen molar-refractivity contribution < 1.29 is 4.74 Å². The zero-order chi connectivity index (χ0) is 22.9. The first-order valence-corrected chi connectivity index (χ1v) is 12.1. The maximum Gasteiger partial charge on any atom is 0.170 e. The van der Waals surface area contributed by atoms with Gasteiger partial charge in [-0.2, -0.15) is 0 Å². The van der Waals surface area contributed by atoms with E-state index in [4.69, 9.17) is 17.0 Å². The Labute approximate surface area is 201 Å². The number of ether oxygens (including phenoxy) is 1. The number of thiocarbonyl (C=S) groups is 1. The SMILES string of the molecule is CCN1C(=S)N[C@@H](c2ccccn2)[C@H]1c1cc(C)n(-c2ccc(N3CCOCC3)cc2)c1C. The number of benzene rings is 1. The van der Waals surface area contributed by atoms with E-state index in [-0.39, 0.29) is 12.1 Å². The molecule has 7 heteroatoms. The second-order valence-electron chi connectivity index (χ2n) is 8.69. The molecule has 1 N–H and O–H groups in total. The van der Waals surface area contributed by atoms with E-state index in [0.29, 0.717) is 0 Å². The van der Waals surface area contributed by atoms with Crippen LogP contribution in [0.2, 0.25) is 0 Å². The topological polar surface area (TPSA) is 45.6 Å². The number of hydrogen-bond donors (Lipinski definition) is 1. The summed E-state index contributed by atoms with van der Waals surface area (Å²) < 4.78 is 7.85. The van der Waals surface area contributed by atoms with Crippen molar-refractivity contribution >= 4 is 23.0 Å². The lowest BCUT2D eigenvalue weighted by Gasteiger charge is -2.29. The molecule has 0 aliphatic carbocycles. The summed E-state index contributed by atoms with van der Waals surface area (Å²) in [5, 5.41) is 4.32. The molecule has 33 heavy (non-hydrogen) atoms. The molecule has 1 aromatic carbocycles. The largest absolute Gasteiger partial charge is 0.378 e. The van der Waals surface area contributed by atoms with Gasteiger partial charge in [-0.3, -0.25) is 4.98 Å². The maximum absolute atomic E-state index is 5.71. The van der Waals surface area contributed by atoms with Gasteiger partial charge in [-0.15, -0.1) is 0 Å². The first-order valence-electron chi connectivity index (χ1n) is 11.7. The van der Waals surface area contributed by atoms with Crippen LogP contribution in [0.4, 0.5) is 5.69 Å². The summed E-state index contributed by atoms with van der Waals surface area (Å²) in [6, 6.07) is 17.4. The van der Waals surface area contributed by atoms with Gasteiger partial charge in [0.05, 0.1) is 31.0 Å². The van der Waals surface area contributed by atoms with Crippen LogP contribution in [-0.2, 0) is 4.74 Å². The third-order valence-corrected chi connectivity index (χ3v) is 7.16. The molecule has 0 bridgehead atoms. The van der Waals surface area contributed by atoms with Gasteiger partial charge in [-0.05, 0) is 81.0 Å². The molecule has 0 spiro atoms. The molecule has 2 aliphatic heterocycles. The third kappa shape index (κ3) is 4.00. The van der Waals surface area contributed by atoms with Gasteiger partial charge in [-0.25, -0.2) is 0 Å². The van der Waals surface area contributed by atoms with Crippen LogP contribution in [0.15, 0.2) is 54.7 Å². The van der Waals surface area contributed by atoms with Crippen LogP contribution in [0.5, 0.6) is 0 Å². The highest BCUT2D eigenvalue weighted by molar-refractivity contribution is 7.80. The number of aryl methyl sites for hydroxylation is 1. The Hall–Kier alpha value is -2.90. The normalized spacial score (nSPS) is 20.9. The number of morpholine rings is 1. The average Bonchev–Trinajstić information content (AvgIpc) is 3.34. The van der Waals surface area contributed by atoms with Gasteiger partial charge in [0.25, 0.3) is 0 Å². The Morgan fingerprint density at radius 3 is 2.45 bits per heavy atom. The highest BCUT2D eigenvalue weighted by Crippen LogP contribution is 2.41. The van der Waals surface area contributed by atoms with Gasteiger partial charge in [0, 0.05) is 48.6 Å². The lowest BCUT2D eigenvalue weighted by Crippen LogP contribution is -2.36. The Morgan fingerprint density at radius 2 is 1.79 bits per heavy atom. The molecule has 2 saturated heterocycles. The number of pyridine rings is 1. The van der Waals surface area contributed by atoms with Gasteiger partial charge in [0.2, 0.25) is 0 Å². The Kier molecular flexibility index (Phi) is 6.08. The first kappa shape index (κ1) is 21.9. The second-order valence-corrected chi connectivity index (χ2v) is 9.08. The van der Waals surface area contributed by atoms with Crippen LogP contribution in [0.3, 0.4) is 0 Å². The molecule has 0 radical (unpaired) electrons. The van der Waals surface area contributed by atoms with Crippen molar-refractivity contribution in [2.24, 2.45) is 0 Å². The summed E-state index contributed by atoms with van der Waals surface area (Å²) in [6.45, 7) is 10.9. The molecule has 0 saturated carbocycles. The summed E-state index contributed by atoms with van der Waals surface area (Å²) >= 11 is 5.71. The van der Waals surface area contributed by atoms with E-state index >= 15 is 0 Å². The lowest BCUT2D eigenvalue weighted by molar-refractivity contribution is 0.122. The van der Waals surface area contributed by atoms with Crippen molar-refractivity contribution in [3.8, 4) is 5.69 Å². The van der Waals surface area contributed by atoms with E-state index < -0.39 is 0 Å². The van der Waals surface area contributed by atoms with E-state index in [1.165, 1.54) is 28.3 Å². The molecular weight excluding hydrogens is 430 g/mol. The van der Waals surface area contributed by atoms with Crippen molar-refractivity contribution in [3.63, 3.8) is 0 Å². The van der Waals surface area contributed by atoms with Gasteiger partial charge in [-0.1, -0.05) is 6.07 Å². The molecule has 2 aliphatic rings. The number of hydrogen-bond acceptors (Lipinski definition) is 4. The van der Waals surface area contributed by atoms with Crippen molar-refractivity contribution in [1.29, 1.82) is 0 Å². The van der Waals surface area contributed by atoms with Crippen molar-refractivity contribution in [3.05, 3.63) is 77.4 Å². The predicted molar refractivity (Wildman–Crippen MR) is 136 cm³/mol. The molecule has 4 heterocycles. The quantitative estimate of drug-likeness (QED) is 0.571.